The maximum Gasteiger partial charge on any atom is 0.193 e. The molecule has 0 radical (unpaired) electrons. The summed E-state index contributed by atoms with van der Waals surface area (Å²) in [5.74, 6) is 0. The van der Waals surface area contributed by atoms with Crippen molar-refractivity contribution in [3.05, 3.63) is 24.8 Å². The minimum absolute atomic E-state index is 0.129. The third-order valence-electron chi connectivity index (χ3n) is 2.80. The third kappa shape index (κ3) is 2.57. The first-order valence-corrected chi connectivity index (χ1v) is 5.55. The second kappa shape index (κ2) is 6.90. The lowest BCUT2D eigenvalue weighted by molar-refractivity contribution is 0.343. The van der Waals surface area contributed by atoms with E-state index in [1.807, 2.05) is 31.2 Å². The highest BCUT2D eigenvalue weighted by Gasteiger charge is 2.52. The topological polar surface area (TPSA) is 95.2 Å². The monoisotopic (exact) mass is 238 g/mol. The summed E-state index contributed by atoms with van der Waals surface area (Å²) in [7, 11) is 0. The van der Waals surface area contributed by atoms with E-state index >= 15 is 0 Å². The van der Waals surface area contributed by atoms with Gasteiger partial charge in [-0.25, -0.2) is 0 Å². The average molecular weight is 238 g/mol. The molecule has 0 aromatic rings. The Morgan fingerprint density at radius 3 is 1.89 bits per heavy atom. The molecular weight excluding hydrogens is 224 g/mol. The fourth-order valence-corrected chi connectivity index (χ4v) is 1.58. The summed E-state index contributed by atoms with van der Waals surface area (Å²) >= 11 is 0. The van der Waals surface area contributed by atoms with Crippen LogP contribution in [0.5, 0.6) is 0 Å². The van der Waals surface area contributed by atoms with E-state index in [-0.39, 0.29) is 6.42 Å². The second-order valence-electron chi connectivity index (χ2n) is 3.78. The van der Waals surface area contributed by atoms with Gasteiger partial charge in [-0.05, 0) is 19.3 Å². The van der Waals surface area contributed by atoms with Gasteiger partial charge in [-0.3, -0.25) is 0 Å². The number of rotatable bonds is 6. The molecular formula is C14H14N4. The zero-order valence-corrected chi connectivity index (χ0v) is 10.3. The van der Waals surface area contributed by atoms with Gasteiger partial charge >= 0.3 is 0 Å². The molecule has 4 heteroatoms. The van der Waals surface area contributed by atoms with Gasteiger partial charge in [0.1, 0.15) is 0 Å². The van der Waals surface area contributed by atoms with Crippen molar-refractivity contribution in [2.75, 3.05) is 0 Å². The van der Waals surface area contributed by atoms with Crippen LogP contribution in [-0.2, 0) is 0 Å². The Bertz CT molecular complexity index is 460. The van der Waals surface area contributed by atoms with Crippen LogP contribution in [0.4, 0.5) is 0 Å². The van der Waals surface area contributed by atoms with Gasteiger partial charge in [0.05, 0.1) is 24.3 Å². The van der Waals surface area contributed by atoms with Gasteiger partial charge in [-0.15, -0.1) is 6.58 Å². The van der Waals surface area contributed by atoms with Crippen LogP contribution in [0.3, 0.4) is 0 Å². The van der Waals surface area contributed by atoms with E-state index in [0.29, 0.717) is 6.42 Å². The largest absolute Gasteiger partial charge is 0.196 e. The molecule has 0 bridgehead atoms. The van der Waals surface area contributed by atoms with Crippen LogP contribution in [0.15, 0.2) is 24.8 Å². The highest BCUT2D eigenvalue weighted by Crippen LogP contribution is 2.42. The maximum absolute atomic E-state index is 9.22. The molecule has 0 heterocycles. The molecule has 0 amide bonds. The first-order valence-electron chi connectivity index (χ1n) is 5.55. The third-order valence-corrected chi connectivity index (χ3v) is 2.80. The van der Waals surface area contributed by atoms with E-state index in [0.717, 1.165) is 12.5 Å². The van der Waals surface area contributed by atoms with Crippen molar-refractivity contribution in [1.29, 1.82) is 21.0 Å². The van der Waals surface area contributed by atoms with E-state index in [9.17, 15) is 10.5 Å². The van der Waals surface area contributed by atoms with Gasteiger partial charge in [0.15, 0.2) is 10.8 Å². The van der Waals surface area contributed by atoms with Gasteiger partial charge in [-0.1, -0.05) is 25.2 Å². The summed E-state index contributed by atoms with van der Waals surface area (Å²) in [6.07, 6.45) is 6.29. The van der Waals surface area contributed by atoms with Crippen LogP contribution >= 0.6 is 0 Å². The SMILES string of the molecule is C=CC(C#N)(C#N)C(C#N)(C#N)CCC=CCC. The van der Waals surface area contributed by atoms with Crippen molar-refractivity contribution in [2.24, 2.45) is 10.8 Å². The zero-order valence-electron chi connectivity index (χ0n) is 10.3. The van der Waals surface area contributed by atoms with Crippen molar-refractivity contribution < 1.29 is 0 Å². The van der Waals surface area contributed by atoms with Crippen LogP contribution in [0.2, 0.25) is 0 Å². The fraction of sp³-hybridized carbons (Fsp3) is 0.429. The Kier molecular flexibility index (Phi) is 5.92. The molecule has 0 N–H and O–H groups in total. The normalized spacial score (nSPS) is 10.9. The van der Waals surface area contributed by atoms with Crippen molar-refractivity contribution in [3.63, 3.8) is 0 Å². The summed E-state index contributed by atoms with van der Waals surface area (Å²) in [4.78, 5) is 0. The molecule has 0 aromatic heterocycles. The smallest absolute Gasteiger partial charge is 0.193 e. The summed E-state index contributed by atoms with van der Waals surface area (Å²) < 4.78 is 0. The van der Waals surface area contributed by atoms with E-state index in [1.54, 1.807) is 12.1 Å². The minimum Gasteiger partial charge on any atom is -0.196 e. The molecule has 0 spiro atoms. The van der Waals surface area contributed by atoms with Crippen molar-refractivity contribution in [2.45, 2.75) is 26.2 Å². The zero-order chi connectivity index (χ0) is 14.1. The van der Waals surface area contributed by atoms with Crippen LogP contribution < -0.4 is 0 Å². The molecule has 90 valence electrons. The lowest BCUT2D eigenvalue weighted by Gasteiger charge is -2.27. The number of hydrogen-bond acceptors (Lipinski definition) is 4. The Hall–Kier alpha value is -2.56. The molecule has 0 aliphatic carbocycles. The number of hydrogen-bond donors (Lipinski definition) is 0. The highest BCUT2D eigenvalue weighted by atomic mass is 14.5. The number of nitrogens with zero attached hydrogens (tertiary/aromatic N) is 4. The minimum atomic E-state index is -1.80. The van der Waals surface area contributed by atoms with Gasteiger partial charge < -0.3 is 0 Å². The van der Waals surface area contributed by atoms with Gasteiger partial charge in [0, 0.05) is 0 Å². The Labute approximate surface area is 108 Å². The summed E-state index contributed by atoms with van der Waals surface area (Å²) in [5, 5.41) is 36.7. The molecule has 18 heavy (non-hydrogen) atoms. The number of allylic oxidation sites excluding steroid dienone is 3. The molecule has 0 saturated carbocycles. The molecule has 0 aliphatic rings. The molecule has 0 fully saturated rings. The maximum atomic E-state index is 9.22. The Morgan fingerprint density at radius 2 is 1.56 bits per heavy atom. The predicted molar refractivity (Wildman–Crippen MR) is 66.2 cm³/mol. The number of nitriles is 4. The molecule has 0 aliphatic heterocycles. The lowest BCUT2D eigenvalue weighted by Crippen LogP contribution is -2.36. The first-order chi connectivity index (χ1) is 8.61. The average Bonchev–Trinajstić information content (AvgIpc) is 2.43. The Balaban J connectivity index is 5.44. The summed E-state index contributed by atoms with van der Waals surface area (Å²) in [5.41, 5.74) is -3.48. The molecule has 0 saturated heterocycles. The summed E-state index contributed by atoms with van der Waals surface area (Å²) in [6.45, 7) is 5.39. The quantitative estimate of drug-likeness (QED) is 0.664. The lowest BCUT2D eigenvalue weighted by atomic mass is 9.64. The van der Waals surface area contributed by atoms with Gasteiger partial charge in [0.25, 0.3) is 0 Å². The van der Waals surface area contributed by atoms with Crippen LogP contribution in [0, 0.1) is 56.2 Å². The highest BCUT2D eigenvalue weighted by molar-refractivity contribution is 5.39. The van der Waals surface area contributed by atoms with Crippen LogP contribution in [0.1, 0.15) is 26.2 Å². The Morgan fingerprint density at radius 1 is 1.00 bits per heavy atom. The molecule has 0 unspecified atom stereocenters. The molecule has 0 atom stereocenters. The van der Waals surface area contributed by atoms with Crippen LogP contribution in [-0.4, -0.2) is 0 Å². The summed E-state index contributed by atoms with van der Waals surface area (Å²) in [6, 6.07) is 7.15. The predicted octanol–water partition coefficient (Wildman–Crippen LogP) is 2.99. The second-order valence-corrected chi connectivity index (χ2v) is 3.78. The van der Waals surface area contributed by atoms with Gasteiger partial charge in [0.2, 0.25) is 0 Å². The first kappa shape index (κ1) is 15.4. The fourth-order valence-electron chi connectivity index (χ4n) is 1.58. The van der Waals surface area contributed by atoms with Crippen molar-refractivity contribution in [3.8, 4) is 24.3 Å². The van der Waals surface area contributed by atoms with Gasteiger partial charge in [-0.2, -0.15) is 21.0 Å². The van der Waals surface area contributed by atoms with E-state index in [1.165, 1.54) is 0 Å². The molecule has 0 aromatic carbocycles. The van der Waals surface area contributed by atoms with Crippen molar-refractivity contribution >= 4 is 0 Å². The van der Waals surface area contributed by atoms with Crippen molar-refractivity contribution in [1.82, 2.24) is 0 Å². The van der Waals surface area contributed by atoms with Crippen LogP contribution in [0.25, 0.3) is 0 Å². The molecule has 0 rings (SSSR count). The standard InChI is InChI=1S/C14H14N4/c1-3-5-6-7-8-14(11-17,12-18)13(4-2,9-15)10-16/h4-6H,2-3,7-8H2,1H3. The van der Waals surface area contributed by atoms with E-state index in [4.69, 9.17) is 10.5 Å². The molecule has 4 nitrogen and oxygen atoms in total. The van der Waals surface area contributed by atoms with E-state index < -0.39 is 10.8 Å². The van der Waals surface area contributed by atoms with E-state index in [2.05, 4.69) is 6.58 Å².